The number of aliphatic carboxylic acids is 1. The molecule has 2 atom stereocenters. The summed E-state index contributed by atoms with van der Waals surface area (Å²) in [5, 5.41) is 15.1. The Kier molecular flexibility index (Phi) is 6.45. The molecular formula is C20H25N3O3S. The van der Waals surface area contributed by atoms with Crippen molar-refractivity contribution in [3.05, 3.63) is 52.0 Å². The van der Waals surface area contributed by atoms with E-state index in [2.05, 4.69) is 10.3 Å². The molecule has 2 unspecified atom stereocenters. The third-order valence-electron chi connectivity index (χ3n) is 4.85. The standard InChI is InChI=1S/C20H25N3O3S/c1-14-21-17(13-27-14)18-8-5-11-23(18)20(26)22-16(9-10-19(24)25)12-15-6-3-2-4-7-15/h2-4,6-7,13,16,18H,5,8-12H2,1H3,(H,22,26)(H,24,25). The molecule has 7 heteroatoms. The molecule has 0 bridgehead atoms. The van der Waals surface area contributed by atoms with Crippen molar-refractivity contribution in [2.45, 2.75) is 51.1 Å². The van der Waals surface area contributed by atoms with E-state index in [0.717, 1.165) is 29.1 Å². The maximum atomic E-state index is 12.9. The summed E-state index contributed by atoms with van der Waals surface area (Å²) >= 11 is 1.60. The van der Waals surface area contributed by atoms with Gasteiger partial charge in [0, 0.05) is 24.4 Å². The van der Waals surface area contributed by atoms with Crippen molar-refractivity contribution < 1.29 is 14.7 Å². The van der Waals surface area contributed by atoms with E-state index in [9.17, 15) is 9.59 Å². The highest BCUT2D eigenvalue weighted by atomic mass is 32.1. The number of carboxylic acid groups (broad SMARTS) is 1. The number of amides is 2. The molecule has 1 aliphatic heterocycles. The first-order valence-corrected chi connectivity index (χ1v) is 10.2. The first-order valence-electron chi connectivity index (χ1n) is 9.28. The van der Waals surface area contributed by atoms with Gasteiger partial charge >= 0.3 is 12.0 Å². The van der Waals surface area contributed by atoms with E-state index in [1.54, 1.807) is 11.3 Å². The second kappa shape index (κ2) is 8.99. The van der Waals surface area contributed by atoms with Crippen molar-refractivity contribution in [1.82, 2.24) is 15.2 Å². The van der Waals surface area contributed by atoms with Crippen molar-refractivity contribution in [1.29, 1.82) is 0 Å². The van der Waals surface area contributed by atoms with Gasteiger partial charge in [-0.05, 0) is 38.2 Å². The summed E-state index contributed by atoms with van der Waals surface area (Å²) in [7, 11) is 0. The molecule has 144 valence electrons. The van der Waals surface area contributed by atoms with Crippen molar-refractivity contribution in [3.8, 4) is 0 Å². The normalized spacial score (nSPS) is 17.7. The van der Waals surface area contributed by atoms with Crippen LogP contribution in [-0.2, 0) is 11.2 Å². The minimum Gasteiger partial charge on any atom is -0.481 e. The molecule has 0 aliphatic carbocycles. The molecule has 1 fully saturated rings. The van der Waals surface area contributed by atoms with Gasteiger partial charge in [-0.15, -0.1) is 11.3 Å². The SMILES string of the molecule is Cc1nc(C2CCCN2C(=O)NC(CCC(=O)O)Cc2ccccc2)cs1. The molecule has 27 heavy (non-hydrogen) atoms. The minimum absolute atomic E-state index is 0.00630. The van der Waals surface area contributed by atoms with E-state index in [1.807, 2.05) is 47.5 Å². The largest absolute Gasteiger partial charge is 0.481 e. The van der Waals surface area contributed by atoms with Gasteiger partial charge in [0.15, 0.2) is 0 Å². The average molecular weight is 388 g/mol. The van der Waals surface area contributed by atoms with Gasteiger partial charge in [-0.3, -0.25) is 4.79 Å². The van der Waals surface area contributed by atoms with Crippen molar-refractivity contribution in [2.24, 2.45) is 0 Å². The number of benzene rings is 1. The van der Waals surface area contributed by atoms with Crippen LogP contribution in [0.4, 0.5) is 4.79 Å². The number of aryl methyl sites for hydroxylation is 1. The number of carbonyl (C=O) groups excluding carboxylic acids is 1. The van der Waals surface area contributed by atoms with Crippen LogP contribution in [0.15, 0.2) is 35.7 Å². The Morgan fingerprint density at radius 1 is 1.37 bits per heavy atom. The number of aromatic nitrogens is 1. The summed E-state index contributed by atoms with van der Waals surface area (Å²) in [4.78, 5) is 30.3. The van der Waals surface area contributed by atoms with Gasteiger partial charge in [-0.25, -0.2) is 9.78 Å². The quantitative estimate of drug-likeness (QED) is 0.757. The van der Waals surface area contributed by atoms with Gasteiger partial charge in [0.2, 0.25) is 0 Å². The lowest BCUT2D eigenvalue weighted by atomic mass is 10.0. The second-order valence-corrected chi connectivity index (χ2v) is 7.97. The monoisotopic (exact) mass is 387 g/mol. The fourth-order valence-corrected chi connectivity index (χ4v) is 4.19. The summed E-state index contributed by atoms with van der Waals surface area (Å²) < 4.78 is 0. The maximum absolute atomic E-state index is 12.9. The molecule has 6 nitrogen and oxygen atoms in total. The van der Waals surface area contributed by atoms with Crippen LogP contribution in [0.5, 0.6) is 0 Å². The number of hydrogen-bond donors (Lipinski definition) is 2. The van der Waals surface area contributed by atoms with Crippen LogP contribution in [0.2, 0.25) is 0 Å². The molecule has 2 amide bonds. The molecule has 0 spiro atoms. The van der Waals surface area contributed by atoms with Crippen molar-refractivity contribution >= 4 is 23.3 Å². The lowest BCUT2D eigenvalue weighted by molar-refractivity contribution is -0.137. The first kappa shape index (κ1) is 19.4. The van der Waals surface area contributed by atoms with Gasteiger partial charge < -0.3 is 15.3 Å². The summed E-state index contributed by atoms with van der Waals surface area (Å²) in [6.07, 6.45) is 2.92. The number of hydrogen-bond acceptors (Lipinski definition) is 4. The number of carbonyl (C=O) groups is 2. The first-order chi connectivity index (χ1) is 13.0. The zero-order valence-corrected chi connectivity index (χ0v) is 16.2. The third kappa shape index (κ3) is 5.29. The van der Waals surface area contributed by atoms with Gasteiger partial charge in [-0.2, -0.15) is 0 Å². The molecule has 2 aromatic rings. The number of nitrogens with zero attached hydrogens (tertiary/aromatic N) is 2. The number of carboxylic acids is 1. The molecule has 1 aromatic carbocycles. The van der Waals surface area contributed by atoms with Crippen LogP contribution < -0.4 is 5.32 Å². The summed E-state index contributed by atoms with van der Waals surface area (Å²) in [5.41, 5.74) is 2.04. The van der Waals surface area contributed by atoms with Gasteiger partial charge in [0.05, 0.1) is 16.7 Å². The van der Waals surface area contributed by atoms with E-state index in [1.165, 1.54) is 0 Å². The Labute approximate surface area is 163 Å². The minimum atomic E-state index is -0.848. The van der Waals surface area contributed by atoms with E-state index < -0.39 is 5.97 Å². The van der Waals surface area contributed by atoms with Crippen LogP contribution in [-0.4, -0.2) is 39.6 Å². The molecule has 1 aliphatic rings. The van der Waals surface area contributed by atoms with Gasteiger partial charge in [0.25, 0.3) is 0 Å². The molecule has 2 heterocycles. The second-order valence-electron chi connectivity index (χ2n) is 6.91. The Morgan fingerprint density at radius 2 is 2.15 bits per heavy atom. The van der Waals surface area contributed by atoms with Gasteiger partial charge in [-0.1, -0.05) is 30.3 Å². The summed E-state index contributed by atoms with van der Waals surface area (Å²) in [6, 6.07) is 9.50. The zero-order valence-electron chi connectivity index (χ0n) is 15.4. The smallest absolute Gasteiger partial charge is 0.318 e. The highest BCUT2D eigenvalue weighted by molar-refractivity contribution is 7.09. The van der Waals surface area contributed by atoms with E-state index in [4.69, 9.17) is 5.11 Å². The number of nitrogens with one attached hydrogen (secondary N) is 1. The Bertz CT molecular complexity index is 778. The van der Waals surface area contributed by atoms with Crippen LogP contribution in [0.1, 0.15) is 48.0 Å². The lowest BCUT2D eigenvalue weighted by Gasteiger charge is -2.27. The van der Waals surface area contributed by atoms with Gasteiger partial charge in [0.1, 0.15) is 0 Å². The highest BCUT2D eigenvalue weighted by Gasteiger charge is 2.32. The molecule has 1 aromatic heterocycles. The van der Waals surface area contributed by atoms with Crippen LogP contribution in [0, 0.1) is 6.92 Å². The van der Waals surface area contributed by atoms with Crippen molar-refractivity contribution in [3.63, 3.8) is 0 Å². The Balaban J connectivity index is 1.67. The fourth-order valence-electron chi connectivity index (χ4n) is 3.53. The Hall–Kier alpha value is -2.41. The van der Waals surface area contributed by atoms with Crippen LogP contribution >= 0.6 is 11.3 Å². The summed E-state index contributed by atoms with van der Waals surface area (Å²) in [5.74, 6) is -0.848. The van der Waals surface area contributed by atoms with Crippen LogP contribution in [0.3, 0.4) is 0 Å². The Morgan fingerprint density at radius 3 is 2.81 bits per heavy atom. The predicted molar refractivity (Wildman–Crippen MR) is 105 cm³/mol. The van der Waals surface area contributed by atoms with E-state index >= 15 is 0 Å². The number of urea groups is 1. The molecule has 3 rings (SSSR count). The van der Waals surface area contributed by atoms with Crippen molar-refractivity contribution in [2.75, 3.05) is 6.54 Å². The topological polar surface area (TPSA) is 82.5 Å². The molecule has 0 radical (unpaired) electrons. The van der Waals surface area contributed by atoms with Crippen LogP contribution in [0.25, 0.3) is 0 Å². The highest BCUT2D eigenvalue weighted by Crippen LogP contribution is 2.32. The summed E-state index contributed by atoms with van der Waals surface area (Å²) in [6.45, 7) is 2.67. The number of thiazole rings is 1. The number of rotatable bonds is 7. The molecule has 2 N–H and O–H groups in total. The third-order valence-corrected chi connectivity index (χ3v) is 5.64. The lowest BCUT2D eigenvalue weighted by Crippen LogP contribution is -2.45. The van der Waals surface area contributed by atoms with E-state index in [0.29, 0.717) is 19.4 Å². The van der Waals surface area contributed by atoms with E-state index in [-0.39, 0.29) is 24.5 Å². The zero-order chi connectivity index (χ0) is 19.2. The maximum Gasteiger partial charge on any atom is 0.318 e. The number of likely N-dealkylation sites (tertiary alicyclic amines) is 1. The molecule has 0 saturated carbocycles. The predicted octanol–water partition coefficient (Wildman–Crippen LogP) is 3.77. The average Bonchev–Trinajstić information content (AvgIpc) is 3.29. The molecule has 1 saturated heterocycles. The molecular weight excluding hydrogens is 362 g/mol. The fraction of sp³-hybridized carbons (Fsp3) is 0.450.